The van der Waals surface area contributed by atoms with E-state index in [4.69, 9.17) is 4.74 Å². The molecule has 1 aliphatic heterocycles. The minimum absolute atomic E-state index is 0.288. The van der Waals surface area contributed by atoms with Gasteiger partial charge >= 0.3 is 6.03 Å². The molecule has 1 aliphatic carbocycles. The van der Waals surface area contributed by atoms with Crippen molar-refractivity contribution in [3.63, 3.8) is 0 Å². The second-order valence-corrected chi connectivity index (χ2v) is 12.3. The third kappa shape index (κ3) is 4.65. The molecule has 46 heavy (non-hydrogen) atoms. The Morgan fingerprint density at radius 3 is 2.02 bits per heavy atom. The van der Waals surface area contributed by atoms with Crippen molar-refractivity contribution in [3.05, 3.63) is 166 Å². The van der Waals surface area contributed by atoms with E-state index in [1.807, 2.05) is 48.5 Å². The molecule has 1 unspecified atom stereocenters. The number of rotatable bonds is 4. The Labute approximate surface area is 269 Å². The zero-order valence-electron chi connectivity index (χ0n) is 25.9. The standard InChI is InChI=1S/C42H34N2O2/c1-27-25-37-35-23-24-42(30-12-5-3-6-13-30,31-18-20-33(21-19-31)44-41(45)43-32-14-7-4-8-15-32)46-40(35)36-22-17-29-11-9-10-16-34(29)39(36)38(37)26-28(27)2/h3-16,18-21,23-26H,17,22H2,1-2H3,(H2,43,44,45). The predicted octanol–water partition coefficient (Wildman–Crippen LogP) is 10.2. The molecule has 2 amide bonds. The van der Waals surface area contributed by atoms with Gasteiger partial charge in [0, 0.05) is 33.6 Å². The smallest absolute Gasteiger partial charge is 0.323 e. The number of fused-ring (bicyclic) bond motifs is 8. The SMILES string of the molecule is Cc1cc2c3c(c4c(c2cc1C)-c1ccccc1CC4)OC(c1ccccc1)(c1ccc(NC(=O)Nc2ccccc2)cc1)C=C3. The van der Waals surface area contributed by atoms with E-state index in [9.17, 15) is 4.79 Å². The number of carbonyl (C=O) groups is 1. The number of hydrogen-bond acceptors (Lipinski definition) is 2. The molecule has 1 heterocycles. The summed E-state index contributed by atoms with van der Waals surface area (Å²) in [6.45, 7) is 4.39. The molecule has 8 rings (SSSR count). The maximum atomic E-state index is 12.7. The molecule has 0 saturated heterocycles. The first-order valence-electron chi connectivity index (χ1n) is 15.9. The van der Waals surface area contributed by atoms with Gasteiger partial charge in [0.15, 0.2) is 5.60 Å². The number of carbonyl (C=O) groups excluding carboxylic acids is 1. The molecule has 1 atom stereocenters. The van der Waals surface area contributed by atoms with Crippen LogP contribution in [0, 0.1) is 13.8 Å². The molecular weight excluding hydrogens is 564 g/mol. The van der Waals surface area contributed by atoms with Crippen LogP contribution in [0.4, 0.5) is 16.2 Å². The van der Waals surface area contributed by atoms with Gasteiger partial charge in [-0.2, -0.15) is 0 Å². The fourth-order valence-corrected chi connectivity index (χ4v) is 7.05. The lowest BCUT2D eigenvalue weighted by Gasteiger charge is -2.39. The average Bonchev–Trinajstić information content (AvgIpc) is 3.09. The number of anilines is 2. The molecule has 2 aliphatic rings. The van der Waals surface area contributed by atoms with E-state index in [2.05, 4.69) is 109 Å². The second kappa shape index (κ2) is 11.1. The zero-order chi connectivity index (χ0) is 31.3. The van der Waals surface area contributed by atoms with Crippen LogP contribution in [0.2, 0.25) is 0 Å². The fraction of sp³-hybridized carbons (Fsp3) is 0.119. The third-order valence-electron chi connectivity index (χ3n) is 9.50. The van der Waals surface area contributed by atoms with Gasteiger partial charge in [0.1, 0.15) is 5.75 Å². The van der Waals surface area contributed by atoms with Gasteiger partial charge < -0.3 is 15.4 Å². The molecule has 0 saturated carbocycles. The van der Waals surface area contributed by atoms with Crippen LogP contribution in [0.25, 0.3) is 28.0 Å². The summed E-state index contributed by atoms with van der Waals surface area (Å²) in [7, 11) is 0. The number of nitrogens with one attached hydrogen (secondary N) is 2. The van der Waals surface area contributed by atoms with E-state index in [0.717, 1.165) is 41.0 Å². The fourth-order valence-electron chi connectivity index (χ4n) is 7.05. The zero-order valence-corrected chi connectivity index (χ0v) is 25.9. The molecule has 6 aromatic rings. The summed E-state index contributed by atoms with van der Waals surface area (Å²) in [5, 5.41) is 8.35. The highest BCUT2D eigenvalue weighted by molar-refractivity contribution is 6.07. The normalized spacial score (nSPS) is 16.1. The number of hydrogen-bond donors (Lipinski definition) is 2. The first kappa shape index (κ1) is 27.9. The average molecular weight is 599 g/mol. The van der Waals surface area contributed by atoms with E-state index in [0.29, 0.717) is 5.69 Å². The highest BCUT2D eigenvalue weighted by Crippen LogP contribution is 2.52. The van der Waals surface area contributed by atoms with Crippen molar-refractivity contribution in [1.29, 1.82) is 0 Å². The largest absolute Gasteiger partial charge is 0.473 e. The monoisotopic (exact) mass is 598 g/mol. The maximum absolute atomic E-state index is 12.7. The third-order valence-corrected chi connectivity index (χ3v) is 9.50. The van der Waals surface area contributed by atoms with Crippen LogP contribution in [0.3, 0.4) is 0 Å². The Hall–Kier alpha value is -5.61. The number of aryl methyl sites for hydroxylation is 3. The van der Waals surface area contributed by atoms with Crippen LogP contribution in [-0.2, 0) is 18.4 Å². The number of ether oxygens (including phenoxy) is 1. The van der Waals surface area contributed by atoms with Crippen molar-refractivity contribution in [2.24, 2.45) is 0 Å². The van der Waals surface area contributed by atoms with E-state index in [1.54, 1.807) is 0 Å². The number of para-hydroxylation sites is 1. The molecule has 0 fully saturated rings. The topological polar surface area (TPSA) is 50.4 Å². The summed E-state index contributed by atoms with van der Waals surface area (Å²) in [6.07, 6.45) is 6.36. The van der Waals surface area contributed by atoms with Gasteiger partial charge in [0.2, 0.25) is 0 Å². The predicted molar refractivity (Wildman–Crippen MR) is 189 cm³/mol. The number of urea groups is 1. The Morgan fingerprint density at radius 1 is 0.674 bits per heavy atom. The van der Waals surface area contributed by atoms with Crippen molar-refractivity contribution < 1.29 is 9.53 Å². The van der Waals surface area contributed by atoms with Crippen LogP contribution >= 0.6 is 0 Å². The van der Waals surface area contributed by atoms with E-state index < -0.39 is 5.60 Å². The number of amides is 2. The lowest BCUT2D eigenvalue weighted by Crippen LogP contribution is -2.35. The highest BCUT2D eigenvalue weighted by Gasteiger charge is 2.39. The summed E-state index contributed by atoms with van der Waals surface area (Å²) < 4.78 is 7.40. The van der Waals surface area contributed by atoms with E-state index >= 15 is 0 Å². The summed E-state index contributed by atoms with van der Waals surface area (Å²) in [6, 6.07) is 41.0. The number of benzene rings is 6. The van der Waals surface area contributed by atoms with E-state index in [-0.39, 0.29) is 6.03 Å². The Bertz CT molecular complexity index is 2150. The first-order chi connectivity index (χ1) is 22.5. The molecule has 2 N–H and O–H groups in total. The Balaban J connectivity index is 1.25. The quantitative estimate of drug-likeness (QED) is 0.212. The minimum atomic E-state index is -0.850. The van der Waals surface area contributed by atoms with Crippen molar-refractivity contribution in [3.8, 4) is 16.9 Å². The lowest BCUT2D eigenvalue weighted by molar-refractivity contribution is 0.159. The Kier molecular flexibility index (Phi) is 6.72. The molecule has 4 heteroatoms. The van der Waals surface area contributed by atoms with Crippen LogP contribution in [-0.4, -0.2) is 6.03 Å². The molecular formula is C42H34N2O2. The van der Waals surface area contributed by atoms with Crippen molar-refractivity contribution >= 4 is 34.3 Å². The van der Waals surface area contributed by atoms with Crippen LogP contribution in [0.15, 0.2) is 127 Å². The van der Waals surface area contributed by atoms with Gasteiger partial charge in [0.25, 0.3) is 0 Å². The van der Waals surface area contributed by atoms with Gasteiger partial charge in [0.05, 0.1) is 0 Å². The van der Waals surface area contributed by atoms with Crippen LogP contribution in [0.1, 0.15) is 38.9 Å². The Morgan fingerprint density at radius 2 is 1.28 bits per heavy atom. The van der Waals surface area contributed by atoms with Crippen molar-refractivity contribution in [2.45, 2.75) is 32.3 Å². The molecule has 0 radical (unpaired) electrons. The maximum Gasteiger partial charge on any atom is 0.323 e. The first-order valence-corrected chi connectivity index (χ1v) is 15.9. The van der Waals surface area contributed by atoms with Crippen LogP contribution < -0.4 is 15.4 Å². The molecule has 0 aromatic heterocycles. The summed E-state index contributed by atoms with van der Waals surface area (Å²) in [5.41, 5.74) is 11.6. The summed E-state index contributed by atoms with van der Waals surface area (Å²) in [4.78, 5) is 12.7. The lowest BCUT2D eigenvalue weighted by atomic mass is 9.77. The second-order valence-electron chi connectivity index (χ2n) is 12.3. The van der Waals surface area contributed by atoms with Crippen molar-refractivity contribution in [2.75, 3.05) is 10.6 Å². The molecule has 0 spiro atoms. The molecule has 224 valence electrons. The van der Waals surface area contributed by atoms with Crippen molar-refractivity contribution in [1.82, 2.24) is 0 Å². The van der Waals surface area contributed by atoms with Gasteiger partial charge in [-0.25, -0.2) is 4.79 Å². The molecule has 4 nitrogen and oxygen atoms in total. The summed E-state index contributed by atoms with van der Waals surface area (Å²) in [5.74, 6) is 0.955. The summed E-state index contributed by atoms with van der Waals surface area (Å²) >= 11 is 0. The molecule has 0 bridgehead atoms. The van der Waals surface area contributed by atoms with Gasteiger partial charge in [-0.1, -0.05) is 97.1 Å². The van der Waals surface area contributed by atoms with Gasteiger partial charge in [-0.3, -0.25) is 0 Å². The highest BCUT2D eigenvalue weighted by atomic mass is 16.5. The molecule has 6 aromatic carbocycles. The van der Waals surface area contributed by atoms with E-state index in [1.165, 1.54) is 44.2 Å². The van der Waals surface area contributed by atoms with Crippen LogP contribution in [0.5, 0.6) is 5.75 Å². The minimum Gasteiger partial charge on any atom is -0.473 e. The van der Waals surface area contributed by atoms with Gasteiger partial charge in [-0.05, 0) is 102 Å². The van der Waals surface area contributed by atoms with Gasteiger partial charge in [-0.15, -0.1) is 0 Å².